The number of fused-ring (bicyclic) bond motifs is 1. The van der Waals surface area contributed by atoms with Gasteiger partial charge in [0.05, 0.1) is 24.9 Å². The van der Waals surface area contributed by atoms with Crippen molar-refractivity contribution in [3.63, 3.8) is 0 Å². The second-order valence-corrected chi connectivity index (χ2v) is 9.53. The average Bonchev–Trinajstić information content (AvgIpc) is 3.57. The molecule has 2 aliphatic rings. The van der Waals surface area contributed by atoms with Crippen LogP contribution >= 0.6 is 11.3 Å². The second-order valence-electron chi connectivity index (χ2n) is 8.50. The molecule has 168 valence electrons. The van der Waals surface area contributed by atoms with E-state index in [0.29, 0.717) is 32.8 Å². The van der Waals surface area contributed by atoms with Gasteiger partial charge >= 0.3 is 0 Å². The molecule has 1 aromatic carbocycles. The Labute approximate surface area is 192 Å². The van der Waals surface area contributed by atoms with Crippen LogP contribution in [0, 0.1) is 0 Å². The summed E-state index contributed by atoms with van der Waals surface area (Å²) in [6.07, 6.45) is 5.73. The van der Waals surface area contributed by atoms with Crippen LogP contribution in [0.4, 0.5) is 0 Å². The van der Waals surface area contributed by atoms with Crippen molar-refractivity contribution in [2.75, 3.05) is 19.8 Å². The number of carbonyl (C=O) groups is 1. The van der Waals surface area contributed by atoms with Crippen molar-refractivity contribution in [3.8, 4) is 11.5 Å². The first-order valence-electron chi connectivity index (χ1n) is 11.2. The van der Waals surface area contributed by atoms with Gasteiger partial charge in [0.2, 0.25) is 5.91 Å². The molecule has 7 heteroatoms. The summed E-state index contributed by atoms with van der Waals surface area (Å²) < 4.78 is 17.0. The molecular formula is C25H28N2O4S. The average molecular weight is 453 g/mol. The van der Waals surface area contributed by atoms with Crippen molar-refractivity contribution < 1.29 is 18.7 Å². The number of hydrogen-bond donors (Lipinski definition) is 1. The molecule has 0 saturated heterocycles. The number of rotatable bonds is 8. The Morgan fingerprint density at radius 2 is 1.88 bits per heavy atom. The lowest BCUT2D eigenvalue weighted by Gasteiger charge is -2.33. The zero-order valence-electron chi connectivity index (χ0n) is 18.0. The van der Waals surface area contributed by atoms with Gasteiger partial charge in [-0.1, -0.05) is 25.0 Å². The van der Waals surface area contributed by atoms with Crippen LogP contribution in [0.1, 0.15) is 41.9 Å². The largest absolute Gasteiger partial charge is 0.486 e. The van der Waals surface area contributed by atoms with Crippen LogP contribution < -0.4 is 14.8 Å². The summed E-state index contributed by atoms with van der Waals surface area (Å²) in [5.74, 6) is 2.44. The first-order chi connectivity index (χ1) is 15.7. The molecule has 3 heterocycles. The molecule has 1 aliphatic carbocycles. The number of nitrogens with one attached hydrogen (secondary N) is 1. The number of thiophene rings is 1. The summed E-state index contributed by atoms with van der Waals surface area (Å²) in [6.45, 7) is 2.74. The van der Waals surface area contributed by atoms with E-state index in [1.165, 1.54) is 4.88 Å². The molecule has 1 amide bonds. The Balaban J connectivity index is 1.32. The standard InChI is InChI=1S/C25H28N2O4S/c28-24(18-27(16-20-5-3-11-29-20)17-21-6-4-14-32-21)26-25(9-1-2-10-25)19-7-8-22-23(15-19)31-13-12-30-22/h3-8,11,14-15H,1-2,9-10,12-13,16-18H2,(H,26,28). The van der Waals surface area contributed by atoms with Crippen LogP contribution in [0.25, 0.3) is 0 Å². The van der Waals surface area contributed by atoms with Crippen molar-refractivity contribution in [2.24, 2.45) is 0 Å². The van der Waals surface area contributed by atoms with E-state index in [1.54, 1.807) is 17.6 Å². The highest BCUT2D eigenvalue weighted by Crippen LogP contribution is 2.42. The minimum Gasteiger partial charge on any atom is -0.486 e. The van der Waals surface area contributed by atoms with Crippen molar-refractivity contribution in [3.05, 3.63) is 70.3 Å². The predicted molar refractivity (Wildman–Crippen MR) is 123 cm³/mol. The van der Waals surface area contributed by atoms with E-state index < -0.39 is 0 Å². The second kappa shape index (κ2) is 9.38. The van der Waals surface area contributed by atoms with E-state index in [9.17, 15) is 4.79 Å². The van der Waals surface area contributed by atoms with Crippen molar-refractivity contribution >= 4 is 17.2 Å². The number of nitrogens with zero attached hydrogens (tertiary/aromatic N) is 1. The van der Waals surface area contributed by atoms with Gasteiger partial charge in [0.1, 0.15) is 19.0 Å². The van der Waals surface area contributed by atoms with Gasteiger partial charge in [-0.25, -0.2) is 0 Å². The molecule has 3 aromatic rings. The number of benzene rings is 1. The minimum absolute atomic E-state index is 0.0323. The van der Waals surface area contributed by atoms with Gasteiger partial charge in [0.25, 0.3) is 0 Å². The van der Waals surface area contributed by atoms with E-state index in [4.69, 9.17) is 13.9 Å². The number of amides is 1. The highest BCUT2D eigenvalue weighted by Gasteiger charge is 2.38. The Bertz CT molecular complexity index is 990. The number of hydrogen-bond acceptors (Lipinski definition) is 6. The van der Waals surface area contributed by atoms with E-state index in [2.05, 4.69) is 27.7 Å². The SMILES string of the molecule is O=C(CN(Cc1ccco1)Cc1cccs1)NC1(c2ccc3c(c2)OCCO3)CCCC1. The maximum absolute atomic E-state index is 13.3. The maximum atomic E-state index is 13.3. The molecule has 0 unspecified atom stereocenters. The lowest BCUT2D eigenvalue weighted by atomic mass is 9.87. The fourth-order valence-electron chi connectivity index (χ4n) is 4.73. The zero-order chi connectivity index (χ0) is 21.8. The molecule has 6 nitrogen and oxygen atoms in total. The molecule has 1 fully saturated rings. The molecule has 32 heavy (non-hydrogen) atoms. The lowest BCUT2D eigenvalue weighted by Crippen LogP contribution is -2.47. The van der Waals surface area contributed by atoms with Crippen LogP contribution in [-0.2, 0) is 23.4 Å². The lowest BCUT2D eigenvalue weighted by molar-refractivity contribution is -0.124. The predicted octanol–water partition coefficient (Wildman–Crippen LogP) is 4.70. The van der Waals surface area contributed by atoms with Crippen LogP contribution in [0.15, 0.2) is 58.5 Å². The van der Waals surface area contributed by atoms with E-state index in [1.807, 2.05) is 30.3 Å². The number of ether oxygens (including phenoxy) is 2. The monoisotopic (exact) mass is 452 g/mol. The van der Waals surface area contributed by atoms with Gasteiger partial charge in [0.15, 0.2) is 11.5 Å². The van der Waals surface area contributed by atoms with Crippen molar-refractivity contribution in [1.82, 2.24) is 10.2 Å². The van der Waals surface area contributed by atoms with E-state index in [-0.39, 0.29) is 11.4 Å². The molecule has 1 aliphatic heterocycles. The minimum atomic E-state index is -0.355. The molecule has 1 N–H and O–H groups in total. The van der Waals surface area contributed by atoms with E-state index >= 15 is 0 Å². The maximum Gasteiger partial charge on any atom is 0.234 e. The molecular weight excluding hydrogens is 424 g/mol. The fraction of sp³-hybridized carbons (Fsp3) is 0.400. The Morgan fingerprint density at radius 1 is 1.03 bits per heavy atom. The highest BCUT2D eigenvalue weighted by atomic mass is 32.1. The summed E-state index contributed by atoms with van der Waals surface area (Å²) in [5, 5.41) is 5.47. The first-order valence-corrected chi connectivity index (χ1v) is 12.1. The first kappa shape index (κ1) is 21.1. The topological polar surface area (TPSA) is 63.9 Å². The molecule has 0 radical (unpaired) electrons. The zero-order valence-corrected chi connectivity index (χ0v) is 18.9. The Hall–Kier alpha value is -2.77. The van der Waals surface area contributed by atoms with Gasteiger partial charge in [-0.05, 0) is 54.1 Å². The van der Waals surface area contributed by atoms with Crippen LogP contribution in [0.3, 0.4) is 0 Å². The summed E-state index contributed by atoms with van der Waals surface area (Å²) in [6, 6.07) is 14.1. The molecule has 5 rings (SSSR count). The molecule has 0 bridgehead atoms. The quantitative estimate of drug-likeness (QED) is 0.537. The highest BCUT2D eigenvalue weighted by molar-refractivity contribution is 7.09. The van der Waals surface area contributed by atoms with Gasteiger partial charge in [0, 0.05) is 11.4 Å². The molecule has 0 spiro atoms. The Morgan fingerprint density at radius 3 is 2.62 bits per heavy atom. The van der Waals surface area contributed by atoms with Crippen LogP contribution in [0.2, 0.25) is 0 Å². The number of furan rings is 1. The summed E-state index contributed by atoms with van der Waals surface area (Å²) in [7, 11) is 0. The fourth-order valence-corrected chi connectivity index (χ4v) is 5.47. The Kier molecular flexibility index (Phi) is 6.19. The third kappa shape index (κ3) is 4.69. The third-order valence-corrected chi connectivity index (χ3v) is 7.08. The van der Waals surface area contributed by atoms with Gasteiger partial charge in [-0.3, -0.25) is 9.69 Å². The molecule has 2 aromatic heterocycles. The third-order valence-electron chi connectivity index (χ3n) is 6.22. The normalized spacial score (nSPS) is 16.9. The van der Waals surface area contributed by atoms with E-state index in [0.717, 1.165) is 48.5 Å². The summed E-state index contributed by atoms with van der Waals surface area (Å²) in [5.41, 5.74) is 0.745. The molecule has 0 atom stereocenters. The van der Waals surface area contributed by atoms with Gasteiger partial charge in [-0.15, -0.1) is 11.3 Å². The van der Waals surface area contributed by atoms with Crippen molar-refractivity contribution in [2.45, 2.75) is 44.3 Å². The van der Waals surface area contributed by atoms with Gasteiger partial charge < -0.3 is 19.2 Å². The van der Waals surface area contributed by atoms with Gasteiger partial charge in [-0.2, -0.15) is 0 Å². The van der Waals surface area contributed by atoms with Crippen LogP contribution in [-0.4, -0.2) is 30.6 Å². The van der Waals surface area contributed by atoms with Crippen molar-refractivity contribution in [1.29, 1.82) is 0 Å². The van der Waals surface area contributed by atoms with Crippen LogP contribution in [0.5, 0.6) is 11.5 Å². The summed E-state index contributed by atoms with van der Waals surface area (Å²) >= 11 is 1.70. The number of carbonyl (C=O) groups excluding carboxylic acids is 1. The smallest absolute Gasteiger partial charge is 0.234 e. The summed E-state index contributed by atoms with van der Waals surface area (Å²) in [4.78, 5) is 16.7. The molecule has 1 saturated carbocycles.